The second-order valence-corrected chi connectivity index (χ2v) is 5.54. The summed E-state index contributed by atoms with van der Waals surface area (Å²) in [6.07, 6.45) is 2.59. The van der Waals surface area contributed by atoms with Gasteiger partial charge in [0.25, 0.3) is 0 Å². The molecule has 1 unspecified atom stereocenters. The van der Waals surface area contributed by atoms with Gasteiger partial charge in [-0.2, -0.15) is 0 Å². The molecule has 0 fully saturated rings. The minimum Gasteiger partial charge on any atom is -0.467 e. The first-order valence-corrected chi connectivity index (χ1v) is 7.37. The fourth-order valence-corrected chi connectivity index (χ4v) is 2.97. The van der Waals surface area contributed by atoms with Crippen LogP contribution in [0.1, 0.15) is 25.1 Å². The molecule has 98 valence electrons. The van der Waals surface area contributed by atoms with E-state index in [1.807, 2.05) is 29.8 Å². The molecule has 0 aliphatic heterocycles. The van der Waals surface area contributed by atoms with E-state index in [1.54, 1.807) is 17.6 Å². The highest BCUT2D eigenvalue weighted by Gasteiger charge is 2.16. The number of benzene rings is 1. The van der Waals surface area contributed by atoms with Gasteiger partial charge in [0.1, 0.15) is 11.3 Å². The highest BCUT2D eigenvalue weighted by Crippen LogP contribution is 2.35. The van der Waals surface area contributed by atoms with Gasteiger partial charge in [-0.05, 0) is 30.7 Å². The Morgan fingerprint density at radius 1 is 1.42 bits per heavy atom. The molecule has 0 bridgehead atoms. The summed E-state index contributed by atoms with van der Waals surface area (Å²) in [7, 11) is 0. The summed E-state index contributed by atoms with van der Waals surface area (Å²) in [5, 5.41) is 4.13. The van der Waals surface area contributed by atoms with E-state index in [4.69, 9.17) is 16.0 Å². The van der Waals surface area contributed by atoms with Crippen molar-refractivity contribution in [2.24, 2.45) is 0 Å². The van der Waals surface area contributed by atoms with Gasteiger partial charge >= 0.3 is 0 Å². The first-order valence-electron chi connectivity index (χ1n) is 6.11. The first kappa shape index (κ1) is 12.5. The lowest BCUT2D eigenvalue weighted by molar-refractivity contribution is 0.474. The maximum Gasteiger partial charge on any atom is 0.125 e. The Bertz CT molecular complexity index is 678. The van der Waals surface area contributed by atoms with Crippen molar-refractivity contribution in [3.8, 4) is 0 Å². The SMILES string of the molecule is CCC(Nc1c(Cl)ccc2scnc12)c1ccco1. The highest BCUT2D eigenvalue weighted by atomic mass is 35.5. The van der Waals surface area contributed by atoms with Crippen LogP contribution in [0.3, 0.4) is 0 Å². The number of nitrogens with zero attached hydrogens (tertiary/aromatic N) is 1. The third-order valence-corrected chi connectivity index (χ3v) is 4.17. The molecule has 0 radical (unpaired) electrons. The summed E-state index contributed by atoms with van der Waals surface area (Å²) < 4.78 is 6.59. The average molecular weight is 293 g/mol. The predicted molar refractivity (Wildman–Crippen MR) is 80.0 cm³/mol. The molecular weight excluding hydrogens is 280 g/mol. The van der Waals surface area contributed by atoms with E-state index in [2.05, 4.69) is 17.2 Å². The topological polar surface area (TPSA) is 38.1 Å². The van der Waals surface area contributed by atoms with Gasteiger partial charge in [0, 0.05) is 0 Å². The van der Waals surface area contributed by atoms with Crippen molar-refractivity contribution >= 4 is 38.8 Å². The standard InChI is InChI=1S/C14H13ClN2OS/c1-2-10(11-4-3-7-18-11)17-13-9(15)5-6-12-14(13)16-8-19-12/h3-8,10,17H,2H2,1H3. The van der Waals surface area contributed by atoms with Crippen molar-refractivity contribution in [1.29, 1.82) is 0 Å². The van der Waals surface area contributed by atoms with Gasteiger partial charge in [0.15, 0.2) is 0 Å². The van der Waals surface area contributed by atoms with Gasteiger partial charge in [-0.15, -0.1) is 11.3 Å². The highest BCUT2D eigenvalue weighted by molar-refractivity contribution is 7.16. The van der Waals surface area contributed by atoms with E-state index < -0.39 is 0 Å². The van der Waals surface area contributed by atoms with Crippen LogP contribution in [0.15, 0.2) is 40.5 Å². The van der Waals surface area contributed by atoms with Crippen molar-refractivity contribution in [2.75, 3.05) is 5.32 Å². The van der Waals surface area contributed by atoms with Gasteiger partial charge < -0.3 is 9.73 Å². The van der Waals surface area contributed by atoms with Crippen molar-refractivity contribution in [2.45, 2.75) is 19.4 Å². The maximum atomic E-state index is 6.29. The number of fused-ring (bicyclic) bond motifs is 1. The Kier molecular flexibility index (Phi) is 3.44. The fourth-order valence-electron chi connectivity index (χ4n) is 2.08. The zero-order valence-electron chi connectivity index (χ0n) is 10.4. The second-order valence-electron chi connectivity index (χ2n) is 4.24. The van der Waals surface area contributed by atoms with E-state index in [1.165, 1.54) is 0 Å². The number of hydrogen-bond acceptors (Lipinski definition) is 4. The van der Waals surface area contributed by atoms with Crippen LogP contribution in [0.2, 0.25) is 5.02 Å². The number of halogens is 1. The molecule has 3 aromatic rings. The number of nitrogens with one attached hydrogen (secondary N) is 1. The van der Waals surface area contributed by atoms with Gasteiger partial charge in [0.05, 0.1) is 33.2 Å². The summed E-state index contributed by atoms with van der Waals surface area (Å²) in [5.74, 6) is 0.908. The number of thiazole rings is 1. The lowest BCUT2D eigenvalue weighted by Gasteiger charge is -2.17. The summed E-state index contributed by atoms with van der Waals surface area (Å²) in [6, 6.07) is 7.86. The lowest BCUT2D eigenvalue weighted by atomic mass is 10.1. The van der Waals surface area contributed by atoms with E-state index in [9.17, 15) is 0 Å². The van der Waals surface area contributed by atoms with Crippen LogP contribution in [0.4, 0.5) is 5.69 Å². The Balaban J connectivity index is 2.00. The molecule has 0 spiro atoms. The van der Waals surface area contributed by atoms with Crippen molar-refractivity contribution < 1.29 is 4.42 Å². The number of rotatable bonds is 4. The Morgan fingerprint density at radius 2 is 2.32 bits per heavy atom. The normalized spacial score (nSPS) is 12.7. The van der Waals surface area contributed by atoms with E-state index in [0.29, 0.717) is 5.02 Å². The van der Waals surface area contributed by atoms with Crippen LogP contribution >= 0.6 is 22.9 Å². The molecule has 19 heavy (non-hydrogen) atoms. The molecule has 0 amide bonds. The molecule has 0 saturated carbocycles. The van der Waals surface area contributed by atoms with Crippen molar-refractivity contribution in [3.05, 3.63) is 46.8 Å². The van der Waals surface area contributed by atoms with Crippen LogP contribution in [0, 0.1) is 0 Å². The van der Waals surface area contributed by atoms with Crippen LogP contribution in [-0.4, -0.2) is 4.98 Å². The molecule has 1 atom stereocenters. The Labute approximate surface area is 120 Å². The van der Waals surface area contributed by atoms with Crippen LogP contribution < -0.4 is 5.32 Å². The molecule has 2 aromatic heterocycles. The average Bonchev–Trinajstić information content (AvgIpc) is 3.08. The van der Waals surface area contributed by atoms with Crippen LogP contribution in [-0.2, 0) is 0 Å². The third kappa shape index (κ3) is 2.33. The molecule has 3 nitrogen and oxygen atoms in total. The van der Waals surface area contributed by atoms with Gasteiger partial charge in [0.2, 0.25) is 0 Å². The molecule has 0 aliphatic carbocycles. The number of aromatic nitrogens is 1. The molecule has 5 heteroatoms. The lowest BCUT2D eigenvalue weighted by Crippen LogP contribution is -2.09. The zero-order valence-corrected chi connectivity index (χ0v) is 12.0. The van der Waals surface area contributed by atoms with Gasteiger partial charge in [-0.1, -0.05) is 18.5 Å². The second kappa shape index (κ2) is 5.23. The number of furan rings is 1. The molecule has 3 rings (SSSR count). The van der Waals surface area contributed by atoms with Gasteiger partial charge in [-0.3, -0.25) is 0 Å². The first-order chi connectivity index (χ1) is 9.29. The smallest absolute Gasteiger partial charge is 0.125 e. The van der Waals surface area contributed by atoms with E-state index >= 15 is 0 Å². The summed E-state index contributed by atoms with van der Waals surface area (Å²) in [6.45, 7) is 2.11. The molecule has 0 aliphatic rings. The molecule has 0 saturated heterocycles. The Hall–Kier alpha value is -1.52. The van der Waals surface area contributed by atoms with Crippen LogP contribution in [0.25, 0.3) is 10.2 Å². The zero-order chi connectivity index (χ0) is 13.2. The van der Waals surface area contributed by atoms with Gasteiger partial charge in [-0.25, -0.2) is 4.98 Å². The van der Waals surface area contributed by atoms with Crippen molar-refractivity contribution in [3.63, 3.8) is 0 Å². The minimum absolute atomic E-state index is 0.0970. The van der Waals surface area contributed by atoms with Crippen molar-refractivity contribution in [1.82, 2.24) is 4.98 Å². The molecule has 2 heterocycles. The summed E-state index contributed by atoms with van der Waals surface area (Å²) >= 11 is 7.90. The number of anilines is 1. The Morgan fingerprint density at radius 3 is 3.05 bits per heavy atom. The summed E-state index contributed by atoms with van der Waals surface area (Å²) in [5.41, 5.74) is 3.63. The molecule has 1 N–H and O–H groups in total. The molecule has 1 aromatic carbocycles. The predicted octanol–water partition coefficient (Wildman–Crippen LogP) is 5.11. The van der Waals surface area contributed by atoms with E-state index in [-0.39, 0.29) is 6.04 Å². The number of hydrogen-bond donors (Lipinski definition) is 1. The monoisotopic (exact) mass is 292 g/mol. The largest absolute Gasteiger partial charge is 0.467 e. The summed E-state index contributed by atoms with van der Waals surface area (Å²) in [4.78, 5) is 4.39. The quantitative estimate of drug-likeness (QED) is 0.726. The molecular formula is C14H13ClN2OS. The maximum absolute atomic E-state index is 6.29. The van der Waals surface area contributed by atoms with Crippen LogP contribution in [0.5, 0.6) is 0 Å². The third-order valence-electron chi connectivity index (χ3n) is 3.06. The minimum atomic E-state index is 0.0970. The van der Waals surface area contributed by atoms with E-state index in [0.717, 1.165) is 28.1 Å². The fraction of sp³-hybridized carbons (Fsp3) is 0.214.